The predicted molar refractivity (Wildman–Crippen MR) is 124 cm³/mol. The molecule has 7 nitrogen and oxygen atoms in total. The van der Waals surface area contributed by atoms with E-state index >= 15 is 0 Å². The molecule has 2 aromatic heterocycles. The second kappa shape index (κ2) is 7.58. The maximum Gasteiger partial charge on any atom is 0.258 e. The van der Waals surface area contributed by atoms with Gasteiger partial charge in [0.2, 0.25) is 5.91 Å². The molecule has 1 aliphatic heterocycles. The maximum atomic E-state index is 13.1. The van der Waals surface area contributed by atoms with Gasteiger partial charge in [0.15, 0.2) is 0 Å². The molecular formula is C24H27N5O2. The Balaban J connectivity index is 1.71. The third-order valence-electron chi connectivity index (χ3n) is 6.22. The van der Waals surface area contributed by atoms with E-state index in [4.69, 9.17) is 5.73 Å². The number of hydrogen-bond acceptors (Lipinski definition) is 5. The van der Waals surface area contributed by atoms with Gasteiger partial charge in [-0.05, 0) is 56.2 Å². The van der Waals surface area contributed by atoms with Crippen LogP contribution in [0.25, 0.3) is 22.0 Å². The van der Waals surface area contributed by atoms with E-state index in [9.17, 15) is 9.59 Å². The number of benzene rings is 1. The number of carbonyl (C=O) groups excluding carboxylic acids is 1. The molecule has 1 aliphatic rings. The van der Waals surface area contributed by atoms with Crippen LogP contribution in [0.5, 0.6) is 0 Å². The molecule has 7 heteroatoms. The number of rotatable bonds is 3. The van der Waals surface area contributed by atoms with Gasteiger partial charge in [-0.3, -0.25) is 14.6 Å². The van der Waals surface area contributed by atoms with Gasteiger partial charge in [-0.2, -0.15) is 0 Å². The number of hydrogen-bond donors (Lipinski definition) is 2. The normalized spacial score (nSPS) is 16.3. The molecule has 0 fully saturated rings. The van der Waals surface area contributed by atoms with E-state index in [0.29, 0.717) is 17.7 Å². The number of nitrogens with zero attached hydrogens (tertiary/aromatic N) is 3. The van der Waals surface area contributed by atoms with Crippen LogP contribution in [0.3, 0.4) is 0 Å². The monoisotopic (exact) mass is 417 g/mol. The summed E-state index contributed by atoms with van der Waals surface area (Å²) in [7, 11) is 3.64. The van der Waals surface area contributed by atoms with Crippen LogP contribution in [0, 0.1) is 13.8 Å². The number of aryl methyl sites for hydroxylation is 3. The topological polar surface area (TPSA) is 93.2 Å². The molecule has 0 bridgehead atoms. The first-order valence-corrected chi connectivity index (χ1v) is 10.2. The van der Waals surface area contributed by atoms with Crippen LogP contribution in [0.15, 0.2) is 52.7 Å². The van der Waals surface area contributed by atoms with Crippen LogP contribution < -0.4 is 16.6 Å². The van der Waals surface area contributed by atoms with E-state index in [2.05, 4.69) is 10.3 Å². The van der Waals surface area contributed by atoms with Crippen LogP contribution in [-0.2, 0) is 11.8 Å². The van der Waals surface area contributed by atoms with Crippen molar-refractivity contribution in [1.82, 2.24) is 14.5 Å². The lowest BCUT2D eigenvalue weighted by molar-refractivity contribution is -0.119. The second-order valence-electron chi connectivity index (χ2n) is 8.27. The molecule has 1 atom stereocenters. The highest BCUT2D eigenvalue weighted by Gasteiger charge is 2.31. The lowest BCUT2D eigenvalue weighted by atomic mass is 9.99. The fraction of sp³-hybridized carbons (Fsp3) is 0.292. The lowest BCUT2D eigenvalue weighted by Crippen LogP contribution is -2.37. The highest BCUT2D eigenvalue weighted by atomic mass is 16.2. The second-order valence-corrected chi connectivity index (χ2v) is 8.27. The van der Waals surface area contributed by atoms with Gasteiger partial charge in [0.1, 0.15) is 6.04 Å². The van der Waals surface area contributed by atoms with Crippen molar-refractivity contribution in [3.63, 3.8) is 0 Å². The van der Waals surface area contributed by atoms with Gasteiger partial charge in [-0.1, -0.05) is 6.07 Å². The Bertz CT molecular complexity index is 1310. The molecule has 0 saturated heterocycles. The highest BCUT2D eigenvalue weighted by molar-refractivity contribution is 5.96. The highest BCUT2D eigenvalue weighted by Crippen LogP contribution is 2.28. The van der Waals surface area contributed by atoms with Gasteiger partial charge in [0.25, 0.3) is 5.56 Å². The van der Waals surface area contributed by atoms with Crippen LogP contribution >= 0.6 is 0 Å². The standard InChI is InChI=1S/C24H27N5O2/c1-13-6-7-17(27-23(30)22-11-20(25)15(3)28(22)4)10-18(13)19-9-16-12-26-14(2)8-21(16)29(5)24(19)31/h6-10,12,22H,11,25H2,1-5H3,(H,27,30). The number of anilines is 1. The molecule has 160 valence electrons. The number of amides is 1. The summed E-state index contributed by atoms with van der Waals surface area (Å²) in [5.74, 6) is -0.122. The molecule has 0 radical (unpaired) electrons. The number of carbonyl (C=O) groups is 1. The third-order valence-corrected chi connectivity index (χ3v) is 6.22. The molecular weight excluding hydrogens is 390 g/mol. The predicted octanol–water partition coefficient (Wildman–Crippen LogP) is 3.05. The fourth-order valence-electron chi connectivity index (χ4n) is 4.10. The minimum Gasteiger partial charge on any atom is -0.401 e. The van der Waals surface area contributed by atoms with Crippen molar-refractivity contribution in [3.8, 4) is 11.1 Å². The van der Waals surface area contributed by atoms with Crippen LogP contribution in [-0.4, -0.2) is 33.4 Å². The molecule has 3 aromatic rings. The minimum atomic E-state index is -0.340. The maximum absolute atomic E-state index is 13.1. The summed E-state index contributed by atoms with van der Waals surface area (Å²) in [6.45, 7) is 5.77. The molecule has 0 spiro atoms. The van der Waals surface area contributed by atoms with Crippen molar-refractivity contribution in [2.45, 2.75) is 33.2 Å². The van der Waals surface area contributed by atoms with Gasteiger partial charge in [-0.25, -0.2) is 0 Å². The molecule has 3 N–H and O–H groups in total. The first-order valence-electron chi connectivity index (χ1n) is 10.2. The molecule has 31 heavy (non-hydrogen) atoms. The number of allylic oxidation sites excluding steroid dienone is 1. The molecule has 1 amide bonds. The summed E-state index contributed by atoms with van der Waals surface area (Å²) in [6.07, 6.45) is 2.29. The summed E-state index contributed by atoms with van der Waals surface area (Å²) in [4.78, 5) is 32.3. The Hall–Kier alpha value is -3.61. The Morgan fingerprint density at radius 3 is 2.55 bits per heavy atom. The van der Waals surface area contributed by atoms with Crippen LogP contribution in [0.1, 0.15) is 24.6 Å². The van der Waals surface area contributed by atoms with Crippen molar-refractivity contribution in [1.29, 1.82) is 0 Å². The number of pyridine rings is 2. The van der Waals surface area contributed by atoms with E-state index in [1.807, 2.05) is 63.1 Å². The lowest BCUT2D eigenvalue weighted by Gasteiger charge is -2.23. The van der Waals surface area contributed by atoms with Gasteiger partial charge in [-0.15, -0.1) is 0 Å². The Morgan fingerprint density at radius 1 is 1.13 bits per heavy atom. The number of nitrogens with two attached hydrogens (primary N) is 1. The van der Waals surface area contributed by atoms with Crippen molar-refractivity contribution < 1.29 is 4.79 Å². The zero-order chi connectivity index (χ0) is 22.4. The first kappa shape index (κ1) is 20.7. The summed E-state index contributed by atoms with van der Waals surface area (Å²) in [6, 6.07) is 9.06. The van der Waals surface area contributed by atoms with Crippen LogP contribution in [0.4, 0.5) is 5.69 Å². The summed E-state index contributed by atoms with van der Waals surface area (Å²) < 4.78 is 1.65. The van der Waals surface area contributed by atoms with Crippen molar-refractivity contribution in [2.75, 3.05) is 12.4 Å². The fourth-order valence-corrected chi connectivity index (χ4v) is 4.10. The Kier molecular flexibility index (Phi) is 5.05. The van der Waals surface area contributed by atoms with E-state index in [0.717, 1.165) is 39.1 Å². The summed E-state index contributed by atoms with van der Waals surface area (Å²) in [5.41, 5.74) is 12.2. The Labute approximate surface area is 181 Å². The number of aromatic nitrogens is 2. The van der Waals surface area contributed by atoms with E-state index < -0.39 is 0 Å². The van der Waals surface area contributed by atoms with Gasteiger partial charge in [0.05, 0.1) is 5.52 Å². The van der Waals surface area contributed by atoms with Crippen molar-refractivity contribution >= 4 is 22.5 Å². The molecule has 0 saturated carbocycles. The number of nitrogens with one attached hydrogen (secondary N) is 1. The molecule has 0 aliphatic carbocycles. The zero-order valence-corrected chi connectivity index (χ0v) is 18.5. The number of likely N-dealkylation sites (N-methyl/N-ethyl adjacent to an activating group) is 1. The quantitative estimate of drug-likeness (QED) is 0.683. The Morgan fingerprint density at radius 2 is 1.87 bits per heavy atom. The van der Waals surface area contributed by atoms with Gasteiger partial charge >= 0.3 is 0 Å². The minimum absolute atomic E-state index is 0.0900. The number of fused-ring (bicyclic) bond motifs is 1. The SMILES string of the molecule is CC1=C(N)CC(C(=O)Nc2ccc(C)c(-c3cc4cnc(C)cc4n(C)c3=O)c2)N1C. The largest absolute Gasteiger partial charge is 0.401 e. The first-order chi connectivity index (χ1) is 14.7. The smallest absolute Gasteiger partial charge is 0.258 e. The van der Waals surface area contributed by atoms with Crippen LogP contribution in [0.2, 0.25) is 0 Å². The summed E-state index contributed by atoms with van der Waals surface area (Å²) >= 11 is 0. The molecule has 1 unspecified atom stereocenters. The summed E-state index contributed by atoms with van der Waals surface area (Å²) in [5, 5.41) is 3.88. The van der Waals surface area contributed by atoms with Gasteiger partial charge < -0.3 is 20.5 Å². The molecule has 1 aromatic carbocycles. The third kappa shape index (κ3) is 3.56. The van der Waals surface area contributed by atoms with Crippen molar-refractivity contribution in [2.24, 2.45) is 12.8 Å². The molecule has 4 rings (SSSR count). The zero-order valence-electron chi connectivity index (χ0n) is 18.5. The average molecular weight is 418 g/mol. The van der Waals surface area contributed by atoms with E-state index in [-0.39, 0.29) is 17.5 Å². The van der Waals surface area contributed by atoms with Crippen molar-refractivity contribution in [3.05, 3.63) is 69.5 Å². The van der Waals surface area contributed by atoms with E-state index in [1.165, 1.54) is 0 Å². The average Bonchev–Trinajstić information content (AvgIpc) is 3.00. The van der Waals surface area contributed by atoms with E-state index in [1.54, 1.807) is 17.8 Å². The molecule has 3 heterocycles. The van der Waals surface area contributed by atoms with Gasteiger partial charge in [0, 0.05) is 60.4 Å².